The smallest absolute Gasteiger partial charge is 0.336 e. The van der Waals surface area contributed by atoms with Crippen LogP contribution in [0.1, 0.15) is 18.4 Å². The summed E-state index contributed by atoms with van der Waals surface area (Å²) in [6, 6.07) is 9.72. The van der Waals surface area contributed by atoms with E-state index in [1.54, 1.807) is 0 Å². The maximum atomic E-state index is 12.0. The molecule has 6 heteroatoms. The summed E-state index contributed by atoms with van der Waals surface area (Å²) in [6.07, 6.45) is 0. The lowest BCUT2D eigenvalue weighted by Crippen LogP contribution is -2.19. The third-order valence-corrected chi connectivity index (χ3v) is 2.58. The lowest BCUT2D eigenvalue weighted by atomic mass is 10.0. The van der Waals surface area contributed by atoms with Crippen LogP contribution in [-0.4, -0.2) is 28.2 Å². The second-order valence-corrected chi connectivity index (χ2v) is 3.79. The van der Waals surface area contributed by atoms with Crippen LogP contribution in [0, 0.1) is 0 Å². The van der Waals surface area contributed by atoms with E-state index in [-0.39, 0.29) is 23.8 Å². The number of rotatable bonds is 4. The van der Waals surface area contributed by atoms with Gasteiger partial charge in [0.2, 0.25) is 11.9 Å². The fraction of sp³-hybridized carbons (Fsp3) is 0.250. The van der Waals surface area contributed by atoms with Crippen LogP contribution in [0.15, 0.2) is 30.3 Å². The van der Waals surface area contributed by atoms with Crippen LogP contribution in [-0.2, 0) is 4.79 Å². The monoisotopic (exact) mass is 246 g/mol. The molecule has 1 aromatic carbocycles. The van der Waals surface area contributed by atoms with Gasteiger partial charge >= 0.3 is 6.01 Å². The molecule has 1 heterocycles. The van der Waals surface area contributed by atoms with E-state index in [1.165, 1.54) is 7.11 Å². The predicted molar refractivity (Wildman–Crippen MR) is 66.4 cm³/mol. The third-order valence-electron chi connectivity index (χ3n) is 2.58. The van der Waals surface area contributed by atoms with Gasteiger partial charge in [-0.3, -0.25) is 10.1 Å². The molecular weight excluding hydrogens is 232 g/mol. The van der Waals surface area contributed by atoms with Crippen LogP contribution in [0.25, 0.3) is 0 Å². The van der Waals surface area contributed by atoms with Gasteiger partial charge in [-0.05, 0) is 12.5 Å². The molecule has 18 heavy (non-hydrogen) atoms. The molecule has 2 rings (SSSR count). The van der Waals surface area contributed by atoms with E-state index in [1.807, 2.05) is 37.3 Å². The van der Waals surface area contributed by atoms with Gasteiger partial charge in [0.25, 0.3) is 0 Å². The Kier molecular flexibility index (Phi) is 3.57. The maximum absolute atomic E-state index is 12.0. The Morgan fingerprint density at radius 3 is 2.72 bits per heavy atom. The largest absolute Gasteiger partial charge is 0.466 e. The Hall–Kier alpha value is -2.37. The molecule has 2 aromatic rings. The molecular formula is C12H14N4O2. The maximum Gasteiger partial charge on any atom is 0.336 e. The number of carbonyl (C=O) groups excluding carboxylic acids is 1. The number of nitrogens with zero attached hydrogens (tertiary/aromatic N) is 2. The van der Waals surface area contributed by atoms with Gasteiger partial charge in [0.1, 0.15) is 0 Å². The average Bonchev–Trinajstić information content (AvgIpc) is 2.86. The lowest BCUT2D eigenvalue weighted by molar-refractivity contribution is -0.117. The molecule has 0 radical (unpaired) electrons. The van der Waals surface area contributed by atoms with Crippen molar-refractivity contribution in [3.63, 3.8) is 0 Å². The van der Waals surface area contributed by atoms with Crippen molar-refractivity contribution in [2.75, 3.05) is 12.4 Å². The number of carbonyl (C=O) groups is 1. The normalized spacial score (nSPS) is 11.9. The number of ether oxygens (including phenoxy) is 1. The van der Waals surface area contributed by atoms with Gasteiger partial charge in [-0.1, -0.05) is 30.3 Å². The number of amides is 1. The van der Waals surface area contributed by atoms with Crippen LogP contribution in [0.4, 0.5) is 5.95 Å². The van der Waals surface area contributed by atoms with Crippen molar-refractivity contribution in [2.24, 2.45) is 0 Å². The molecule has 1 aromatic heterocycles. The minimum atomic E-state index is -0.262. The van der Waals surface area contributed by atoms with Gasteiger partial charge in [-0.15, -0.1) is 5.10 Å². The Labute approximate surface area is 104 Å². The summed E-state index contributed by atoms with van der Waals surface area (Å²) < 4.78 is 4.82. The fourth-order valence-electron chi connectivity index (χ4n) is 1.51. The van der Waals surface area contributed by atoms with Crippen molar-refractivity contribution in [1.82, 2.24) is 15.2 Å². The van der Waals surface area contributed by atoms with Crippen LogP contribution < -0.4 is 10.1 Å². The van der Waals surface area contributed by atoms with Crippen LogP contribution in [0.3, 0.4) is 0 Å². The zero-order valence-corrected chi connectivity index (χ0v) is 10.2. The zero-order chi connectivity index (χ0) is 13.0. The van der Waals surface area contributed by atoms with E-state index in [9.17, 15) is 4.79 Å². The molecule has 1 atom stereocenters. The van der Waals surface area contributed by atoms with Gasteiger partial charge in [0, 0.05) is 0 Å². The molecule has 1 unspecified atom stereocenters. The highest BCUT2D eigenvalue weighted by atomic mass is 16.5. The Bertz CT molecular complexity index is 524. The standard InChI is InChI=1S/C12H14N4O2/c1-8(9-6-4-3-5-7-9)10(17)13-11-14-12(18-2)16-15-11/h3-8H,1-2H3,(H2,13,14,15,16,17). The van der Waals surface area contributed by atoms with Crippen molar-refractivity contribution in [3.8, 4) is 6.01 Å². The first kappa shape index (κ1) is 12.1. The highest BCUT2D eigenvalue weighted by Gasteiger charge is 2.16. The summed E-state index contributed by atoms with van der Waals surface area (Å²) in [4.78, 5) is 15.9. The van der Waals surface area contributed by atoms with Crippen molar-refractivity contribution in [2.45, 2.75) is 12.8 Å². The number of H-pyrrole nitrogens is 1. The first-order chi connectivity index (χ1) is 8.70. The second kappa shape index (κ2) is 5.31. The first-order valence-electron chi connectivity index (χ1n) is 5.53. The number of methoxy groups -OCH3 is 1. The minimum absolute atomic E-state index is 0.153. The topological polar surface area (TPSA) is 79.9 Å². The molecule has 0 spiro atoms. The Morgan fingerprint density at radius 2 is 2.11 bits per heavy atom. The molecule has 0 aliphatic rings. The van der Waals surface area contributed by atoms with E-state index in [4.69, 9.17) is 4.74 Å². The quantitative estimate of drug-likeness (QED) is 0.857. The van der Waals surface area contributed by atoms with Crippen molar-refractivity contribution < 1.29 is 9.53 Å². The molecule has 0 aliphatic carbocycles. The summed E-state index contributed by atoms with van der Waals surface area (Å²) in [5.41, 5.74) is 0.946. The Morgan fingerprint density at radius 1 is 1.39 bits per heavy atom. The Balaban J connectivity index is 2.04. The van der Waals surface area contributed by atoms with E-state index in [2.05, 4.69) is 20.5 Å². The highest BCUT2D eigenvalue weighted by molar-refractivity contribution is 5.94. The second-order valence-electron chi connectivity index (χ2n) is 3.79. The molecule has 0 aliphatic heterocycles. The van der Waals surface area contributed by atoms with Gasteiger partial charge in [0.15, 0.2) is 0 Å². The first-order valence-corrected chi connectivity index (χ1v) is 5.53. The fourth-order valence-corrected chi connectivity index (χ4v) is 1.51. The van der Waals surface area contributed by atoms with Crippen LogP contribution in [0.5, 0.6) is 6.01 Å². The number of hydrogen-bond donors (Lipinski definition) is 2. The van der Waals surface area contributed by atoms with Crippen LogP contribution in [0.2, 0.25) is 0 Å². The molecule has 0 fully saturated rings. The number of aromatic nitrogens is 3. The molecule has 2 N–H and O–H groups in total. The number of benzene rings is 1. The van der Waals surface area contributed by atoms with Gasteiger partial charge in [-0.2, -0.15) is 4.98 Å². The molecule has 1 amide bonds. The highest BCUT2D eigenvalue weighted by Crippen LogP contribution is 2.16. The summed E-state index contributed by atoms with van der Waals surface area (Å²) in [5.74, 6) is -0.137. The molecule has 0 bridgehead atoms. The van der Waals surface area contributed by atoms with Gasteiger partial charge < -0.3 is 4.74 Å². The SMILES string of the molecule is COc1n[nH]c(NC(=O)C(C)c2ccccc2)n1. The molecule has 6 nitrogen and oxygen atoms in total. The van der Waals surface area contributed by atoms with E-state index >= 15 is 0 Å². The number of anilines is 1. The number of aromatic amines is 1. The number of nitrogens with one attached hydrogen (secondary N) is 2. The van der Waals surface area contributed by atoms with E-state index in [0.29, 0.717) is 0 Å². The molecule has 0 saturated heterocycles. The summed E-state index contributed by atoms with van der Waals surface area (Å²) in [6.45, 7) is 1.83. The summed E-state index contributed by atoms with van der Waals surface area (Å²) in [5, 5.41) is 8.97. The number of hydrogen-bond acceptors (Lipinski definition) is 4. The van der Waals surface area contributed by atoms with Gasteiger partial charge in [-0.25, -0.2) is 5.10 Å². The third kappa shape index (κ3) is 2.65. The van der Waals surface area contributed by atoms with Crippen LogP contribution >= 0.6 is 0 Å². The average molecular weight is 246 g/mol. The lowest BCUT2D eigenvalue weighted by Gasteiger charge is -2.10. The minimum Gasteiger partial charge on any atom is -0.466 e. The van der Waals surface area contributed by atoms with Gasteiger partial charge in [0.05, 0.1) is 13.0 Å². The molecule has 0 saturated carbocycles. The summed E-state index contributed by atoms with van der Waals surface area (Å²) in [7, 11) is 1.46. The molecule has 94 valence electrons. The van der Waals surface area contributed by atoms with E-state index in [0.717, 1.165) is 5.56 Å². The van der Waals surface area contributed by atoms with Crippen molar-refractivity contribution in [3.05, 3.63) is 35.9 Å². The van der Waals surface area contributed by atoms with Crippen molar-refractivity contribution in [1.29, 1.82) is 0 Å². The van der Waals surface area contributed by atoms with E-state index < -0.39 is 0 Å². The predicted octanol–water partition coefficient (Wildman–Crippen LogP) is 1.56. The van der Waals surface area contributed by atoms with Crippen molar-refractivity contribution >= 4 is 11.9 Å². The zero-order valence-electron chi connectivity index (χ0n) is 10.2. The summed E-state index contributed by atoms with van der Waals surface area (Å²) >= 11 is 0.